The molecule has 160 valence electrons. The molecule has 0 aliphatic heterocycles. The Labute approximate surface area is 201 Å². The first kappa shape index (κ1) is 24.2. The van der Waals surface area contributed by atoms with Gasteiger partial charge in [-0.3, -0.25) is 4.99 Å². The largest absolute Gasteiger partial charge is 0.439 e. The van der Waals surface area contributed by atoms with Crippen molar-refractivity contribution < 1.29 is 9.13 Å². The van der Waals surface area contributed by atoms with E-state index in [-0.39, 0.29) is 29.8 Å². The van der Waals surface area contributed by atoms with E-state index in [4.69, 9.17) is 27.9 Å². The lowest BCUT2D eigenvalue weighted by Gasteiger charge is -2.13. The Balaban J connectivity index is 0.00000320. The first-order chi connectivity index (χ1) is 14.0. The molecule has 3 aromatic rings. The van der Waals surface area contributed by atoms with Gasteiger partial charge in [0.15, 0.2) is 5.96 Å². The monoisotopic (exact) mass is 563 g/mol. The minimum Gasteiger partial charge on any atom is -0.439 e. The van der Waals surface area contributed by atoms with Gasteiger partial charge in [0, 0.05) is 38.6 Å². The molecule has 0 aliphatic carbocycles. The SMILES string of the molecule is CN=C(NCc1ccc(Oc2ccc(F)cc2)nc1)NCc1cc(Cl)c(Cl)n1C.I. The van der Waals surface area contributed by atoms with Gasteiger partial charge in [-0.25, -0.2) is 9.37 Å². The fourth-order valence-electron chi connectivity index (χ4n) is 2.54. The molecule has 0 amide bonds. The molecule has 2 heterocycles. The van der Waals surface area contributed by atoms with Gasteiger partial charge in [-0.15, -0.1) is 24.0 Å². The Morgan fingerprint density at radius 3 is 2.40 bits per heavy atom. The van der Waals surface area contributed by atoms with Crippen LogP contribution in [0.4, 0.5) is 4.39 Å². The van der Waals surface area contributed by atoms with E-state index in [1.54, 1.807) is 31.4 Å². The average molecular weight is 564 g/mol. The number of nitrogens with one attached hydrogen (secondary N) is 2. The fourth-order valence-corrected chi connectivity index (χ4v) is 2.95. The molecule has 1 aromatic carbocycles. The molecule has 0 unspecified atom stereocenters. The fraction of sp³-hybridized carbons (Fsp3) is 0.200. The van der Waals surface area contributed by atoms with Crippen LogP contribution in [-0.2, 0) is 20.1 Å². The van der Waals surface area contributed by atoms with E-state index in [0.717, 1.165) is 11.3 Å². The van der Waals surface area contributed by atoms with Crippen LogP contribution in [0, 0.1) is 5.82 Å². The van der Waals surface area contributed by atoms with Crippen LogP contribution in [0.5, 0.6) is 11.6 Å². The third kappa shape index (κ3) is 6.48. The van der Waals surface area contributed by atoms with E-state index >= 15 is 0 Å². The Bertz CT molecular complexity index is 994. The highest BCUT2D eigenvalue weighted by molar-refractivity contribution is 14.0. The summed E-state index contributed by atoms with van der Waals surface area (Å²) >= 11 is 12.1. The van der Waals surface area contributed by atoms with Crippen molar-refractivity contribution in [2.75, 3.05) is 7.05 Å². The molecule has 30 heavy (non-hydrogen) atoms. The molecule has 0 saturated heterocycles. The highest BCUT2D eigenvalue weighted by Crippen LogP contribution is 2.25. The van der Waals surface area contributed by atoms with Gasteiger partial charge in [0.05, 0.1) is 11.6 Å². The quantitative estimate of drug-likeness (QED) is 0.248. The maximum atomic E-state index is 12.9. The van der Waals surface area contributed by atoms with E-state index in [9.17, 15) is 4.39 Å². The Hall–Kier alpha value is -2.04. The summed E-state index contributed by atoms with van der Waals surface area (Å²) in [5, 5.41) is 7.44. The lowest BCUT2D eigenvalue weighted by Crippen LogP contribution is -2.36. The average Bonchev–Trinajstić information content (AvgIpc) is 2.97. The van der Waals surface area contributed by atoms with Crippen LogP contribution >= 0.6 is 47.2 Å². The predicted molar refractivity (Wildman–Crippen MR) is 129 cm³/mol. The summed E-state index contributed by atoms with van der Waals surface area (Å²) < 4.78 is 20.3. The molecule has 0 bridgehead atoms. The third-order valence-electron chi connectivity index (χ3n) is 4.17. The van der Waals surface area contributed by atoms with Gasteiger partial charge in [-0.1, -0.05) is 29.3 Å². The first-order valence-electron chi connectivity index (χ1n) is 8.78. The first-order valence-corrected chi connectivity index (χ1v) is 9.54. The van der Waals surface area contributed by atoms with Crippen LogP contribution < -0.4 is 15.4 Å². The maximum Gasteiger partial charge on any atom is 0.219 e. The van der Waals surface area contributed by atoms with Gasteiger partial charge >= 0.3 is 0 Å². The molecule has 0 aliphatic rings. The van der Waals surface area contributed by atoms with E-state index in [1.807, 2.05) is 23.7 Å². The molecule has 0 atom stereocenters. The Morgan fingerprint density at radius 1 is 1.13 bits per heavy atom. The van der Waals surface area contributed by atoms with Crippen molar-refractivity contribution in [3.63, 3.8) is 0 Å². The summed E-state index contributed by atoms with van der Waals surface area (Å²) in [7, 11) is 3.54. The van der Waals surface area contributed by atoms with Crippen molar-refractivity contribution in [3.05, 3.63) is 75.9 Å². The molecule has 3 rings (SSSR count). The van der Waals surface area contributed by atoms with Gasteiger partial charge < -0.3 is 19.9 Å². The molecule has 0 fully saturated rings. The zero-order valence-corrected chi connectivity index (χ0v) is 20.2. The van der Waals surface area contributed by atoms with Crippen molar-refractivity contribution in [2.24, 2.45) is 12.0 Å². The number of hydrogen-bond donors (Lipinski definition) is 2. The van der Waals surface area contributed by atoms with Crippen LogP contribution in [0.25, 0.3) is 0 Å². The predicted octanol–water partition coefficient (Wildman–Crippen LogP) is 5.14. The molecule has 0 radical (unpaired) electrons. The zero-order valence-electron chi connectivity index (χ0n) is 16.3. The van der Waals surface area contributed by atoms with Gasteiger partial charge in [-0.05, 0) is 35.9 Å². The van der Waals surface area contributed by atoms with Gasteiger partial charge in [0.1, 0.15) is 16.7 Å². The number of nitrogens with zero attached hydrogens (tertiary/aromatic N) is 3. The van der Waals surface area contributed by atoms with Crippen molar-refractivity contribution in [1.82, 2.24) is 20.2 Å². The van der Waals surface area contributed by atoms with E-state index < -0.39 is 0 Å². The lowest BCUT2D eigenvalue weighted by molar-refractivity contribution is 0.461. The van der Waals surface area contributed by atoms with Crippen LogP contribution in [0.2, 0.25) is 10.2 Å². The number of pyridine rings is 1. The summed E-state index contributed by atoms with van der Waals surface area (Å²) in [6.45, 7) is 1.05. The Morgan fingerprint density at radius 2 is 1.83 bits per heavy atom. The minimum atomic E-state index is -0.313. The van der Waals surface area contributed by atoms with Crippen molar-refractivity contribution in [3.8, 4) is 11.6 Å². The molecular weight excluding hydrogens is 543 g/mol. The van der Waals surface area contributed by atoms with Crippen molar-refractivity contribution in [2.45, 2.75) is 13.1 Å². The van der Waals surface area contributed by atoms with Crippen molar-refractivity contribution in [1.29, 1.82) is 0 Å². The summed E-state index contributed by atoms with van der Waals surface area (Å²) in [6.07, 6.45) is 1.70. The zero-order chi connectivity index (χ0) is 20.8. The third-order valence-corrected chi connectivity index (χ3v) is 5.01. The number of aliphatic imine (C=N–C) groups is 1. The normalized spacial score (nSPS) is 11.0. The summed E-state index contributed by atoms with van der Waals surface area (Å²) in [4.78, 5) is 8.47. The number of aromatic nitrogens is 2. The van der Waals surface area contributed by atoms with E-state index in [0.29, 0.717) is 40.9 Å². The molecule has 0 spiro atoms. The summed E-state index contributed by atoms with van der Waals surface area (Å²) in [5.74, 6) is 1.27. The number of ether oxygens (including phenoxy) is 1. The molecule has 2 aromatic heterocycles. The van der Waals surface area contributed by atoms with Crippen LogP contribution in [0.3, 0.4) is 0 Å². The Kier molecular flexibility index (Phi) is 9.19. The minimum absolute atomic E-state index is 0. The summed E-state index contributed by atoms with van der Waals surface area (Å²) in [5.41, 5.74) is 1.89. The summed E-state index contributed by atoms with van der Waals surface area (Å²) in [6, 6.07) is 11.2. The van der Waals surface area contributed by atoms with Gasteiger partial charge in [-0.2, -0.15) is 0 Å². The van der Waals surface area contributed by atoms with E-state index in [2.05, 4.69) is 20.6 Å². The molecular formula is C20H21Cl2FIN5O. The second kappa shape index (κ2) is 11.4. The molecule has 6 nitrogen and oxygen atoms in total. The van der Waals surface area contributed by atoms with Crippen molar-refractivity contribution >= 4 is 53.1 Å². The standard InChI is InChI=1S/C20H20Cl2FN5O.HI/c1-24-20(27-12-15-9-17(21)19(22)28(15)2)26-11-13-3-8-18(25-10-13)29-16-6-4-14(23)5-7-16;/h3-10H,11-12H2,1-2H3,(H2,24,26,27);1H. The topological polar surface area (TPSA) is 63.5 Å². The van der Waals surface area contributed by atoms with Gasteiger partial charge in [0.2, 0.25) is 5.88 Å². The molecule has 2 N–H and O–H groups in total. The maximum absolute atomic E-state index is 12.9. The van der Waals surface area contributed by atoms with E-state index in [1.165, 1.54) is 12.1 Å². The molecule has 0 saturated carbocycles. The smallest absolute Gasteiger partial charge is 0.219 e. The van der Waals surface area contributed by atoms with Gasteiger partial charge in [0.25, 0.3) is 0 Å². The molecule has 10 heteroatoms. The number of hydrogen-bond acceptors (Lipinski definition) is 3. The van der Waals surface area contributed by atoms with Crippen LogP contribution in [0.15, 0.2) is 53.7 Å². The lowest BCUT2D eigenvalue weighted by atomic mass is 10.3. The van der Waals surface area contributed by atoms with Crippen LogP contribution in [-0.4, -0.2) is 22.6 Å². The number of rotatable bonds is 6. The number of halogens is 4. The van der Waals surface area contributed by atoms with Crippen LogP contribution in [0.1, 0.15) is 11.3 Å². The number of guanidine groups is 1. The second-order valence-corrected chi connectivity index (χ2v) is 6.94. The number of benzene rings is 1. The highest BCUT2D eigenvalue weighted by Gasteiger charge is 2.09. The second-order valence-electron chi connectivity index (χ2n) is 6.17. The highest BCUT2D eigenvalue weighted by atomic mass is 127.